The third kappa shape index (κ3) is 4.23. The number of nitrogens with one attached hydrogen (secondary N) is 1. The van der Waals surface area contributed by atoms with Crippen molar-refractivity contribution in [2.24, 2.45) is 0 Å². The van der Waals surface area contributed by atoms with Gasteiger partial charge in [-0.2, -0.15) is 0 Å². The Bertz CT molecular complexity index is 585. The van der Waals surface area contributed by atoms with Crippen molar-refractivity contribution in [1.29, 1.82) is 0 Å². The molecule has 2 atom stereocenters. The second-order valence-electron chi connectivity index (χ2n) is 5.15. The van der Waals surface area contributed by atoms with Gasteiger partial charge in [0, 0.05) is 5.02 Å². The Morgan fingerprint density at radius 1 is 1.14 bits per heavy atom. The fraction of sp³-hybridized carbons (Fsp3) is 0.333. The van der Waals surface area contributed by atoms with E-state index < -0.39 is 0 Å². The van der Waals surface area contributed by atoms with Crippen molar-refractivity contribution in [1.82, 2.24) is 5.32 Å². The van der Waals surface area contributed by atoms with E-state index in [1.807, 2.05) is 31.3 Å². The summed E-state index contributed by atoms with van der Waals surface area (Å²) in [7, 11) is 1.96. The van der Waals surface area contributed by atoms with E-state index in [1.54, 1.807) is 0 Å². The molecule has 21 heavy (non-hydrogen) atoms. The lowest BCUT2D eigenvalue weighted by Gasteiger charge is -2.25. The number of aryl methyl sites for hydroxylation is 1. The van der Waals surface area contributed by atoms with Gasteiger partial charge >= 0.3 is 0 Å². The zero-order valence-corrected chi connectivity index (χ0v) is 13.5. The predicted octanol–water partition coefficient (Wildman–Crippen LogP) is 4.63. The molecule has 0 aliphatic rings. The quantitative estimate of drug-likeness (QED) is 0.840. The van der Waals surface area contributed by atoms with Crippen molar-refractivity contribution < 1.29 is 4.74 Å². The van der Waals surface area contributed by atoms with Crippen LogP contribution in [-0.4, -0.2) is 13.2 Å². The normalized spacial score (nSPS) is 13.7. The smallest absolute Gasteiger partial charge is 0.121 e. The summed E-state index contributed by atoms with van der Waals surface area (Å²) in [5, 5.41) is 4.03. The maximum atomic E-state index is 6.03. The first-order valence-electron chi connectivity index (χ1n) is 7.32. The van der Waals surface area contributed by atoms with Crippen molar-refractivity contribution in [2.45, 2.75) is 32.4 Å². The van der Waals surface area contributed by atoms with Gasteiger partial charge in [-0.25, -0.2) is 0 Å². The highest BCUT2D eigenvalue weighted by atomic mass is 35.5. The summed E-state index contributed by atoms with van der Waals surface area (Å²) in [6, 6.07) is 16.3. The second kappa shape index (κ2) is 7.48. The van der Waals surface area contributed by atoms with Gasteiger partial charge in [-0.05, 0) is 49.7 Å². The first-order valence-corrected chi connectivity index (χ1v) is 7.70. The molecule has 0 fully saturated rings. The zero-order chi connectivity index (χ0) is 15.2. The lowest BCUT2D eigenvalue weighted by Crippen LogP contribution is -2.31. The third-order valence-electron chi connectivity index (χ3n) is 3.62. The molecule has 0 heterocycles. The highest BCUT2D eigenvalue weighted by molar-refractivity contribution is 6.30. The molecule has 2 rings (SSSR count). The summed E-state index contributed by atoms with van der Waals surface area (Å²) in [5.41, 5.74) is 2.58. The number of likely N-dealkylation sites (N-methyl/N-ethyl adjacent to an activating group) is 1. The lowest BCUT2D eigenvalue weighted by atomic mass is 9.99. The van der Waals surface area contributed by atoms with Crippen molar-refractivity contribution in [2.75, 3.05) is 7.05 Å². The van der Waals surface area contributed by atoms with Crippen molar-refractivity contribution in [3.63, 3.8) is 0 Å². The molecule has 0 bridgehead atoms. The zero-order valence-electron chi connectivity index (χ0n) is 12.8. The van der Waals surface area contributed by atoms with Crippen LogP contribution in [-0.2, 0) is 6.42 Å². The van der Waals surface area contributed by atoms with E-state index in [4.69, 9.17) is 16.3 Å². The van der Waals surface area contributed by atoms with Crippen LogP contribution in [0.25, 0.3) is 0 Å². The largest absolute Gasteiger partial charge is 0.489 e. The first kappa shape index (κ1) is 15.9. The van der Waals surface area contributed by atoms with E-state index in [2.05, 4.69) is 43.4 Å². The number of ether oxygens (including phenoxy) is 1. The summed E-state index contributed by atoms with van der Waals surface area (Å²) < 4.78 is 6.03. The number of hydrogen-bond acceptors (Lipinski definition) is 2. The average Bonchev–Trinajstić information content (AvgIpc) is 2.48. The fourth-order valence-corrected chi connectivity index (χ4v) is 2.68. The van der Waals surface area contributed by atoms with Crippen LogP contribution < -0.4 is 10.1 Å². The highest BCUT2D eigenvalue weighted by Gasteiger charge is 2.19. The van der Waals surface area contributed by atoms with Crippen LogP contribution in [0.4, 0.5) is 0 Å². The van der Waals surface area contributed by atoms with E-state index in [-0.39, 0.29) is 12.1 Å². The third-order valence-corrected chi connectivity index (χ3v) is 3.85. The maximum absolute atomic E-state index is 6.03. The Balaban J connectivity index is 2.16. The lowest BCUT2D eigenvalue weighted by molar-refractivity contribution is 0.175. The van der Waals surface area contributed by atoms with Crippen LogP contribution in [0.15, 0.2) is 48.5 Å². The minimum atomic E-state index is 0.000530. The summed E-state index contributed by atoms with van der Waals surface area (Å²) >= 11 is 6.00. The van der Waals surface area contributed by atoms with E-state index in [9.17, 15) is 0 Å². The number of benzene rings is 2. The second-order valence-corrected chi connectivity index (χ2v) is 5.58. The molecule has 3 heteroatoms. The molecule has 0 saturated heterocycles. The monoisotopic (exact) mass is 303 g/mol. The molecule has 2 unspecified atom stereocenters. The van der Waals surface area contributed by atoms with Gasteiger partial charge in [0.2, 0.25) is 0 Å². The van der Waals surface area contributed by atoms with Crippen LogP contribution >= 0.6 is 11.6 Å². The van der Waals surface area contributed by atoms with Gasteiger partial charge < -0.3 is 10.1 Å². The molecule has 0 aliphatic heterocycles. The first-order chi connectivity index (χ1) is 10.1. The van der Waals surface area contributed by atoms with Crippen LogP contribution in [0.5, 0.6) is 5.75 Å². The van der Waals surface area contributed by atoms with Crippen LogP contribution in [0, 0.1) is 0 Å². The molecule has 0 saturated carbocycles. The Labute approximate surface area is 132 Å². The maximum Gasteiger partial charge on any atom is 0.121 e. The van der Waals surface area contributed by atoms with Gasteiger partial charge in [-0.1, -0.05) is 48.9 Å². The molecule has 112 valence electrons. The molecule has 2 aromatic rings. The molecule has 0 amide bonds. The molecule has 0 aromatic heterocycles. The van der Waals surface area contributed by atoms with Gasteiger partial charge in [-0.3, -0.25) is 0 Å². The molecular formula is C18H22ClNO. The number of hydrogen-bond donors (Lipinski definition) is 1. The Morgan fingerprint density at radius 3 is 2.57 bits per heavy atom. The standard InChI is InChI=1S/C18H22ClNO/c1-4-14-7-5-8-15(11-14)18(20-3)13(2)21-17-10-6-9-16(19)12-17/h5-13,18,20H,4H2,1-3H3. The fourth-order valence-electron chi connectivity index (χ4n) is 2.50. The Morgan fingerprint density at radius 2 is 1.90 bits per heavy atom. The summed E-state index contributed by atoms with van der Waals surface area (Å²) in [5.74, 6) is 0.793. The number of rotatable bonds is 6. The Hall–Kier alpha value is -1.51. The molecule has 0 spiro atoms. The highest BCUT2D eigenvalue weighted by Crippen LogP contribution is 2.24. The van der Waals surface area contributed by atoms with Crippen molar-refractivity contribution in [3.8, 4) is 5.75 Å². The predicted molar refractivity (Wildman–Crippen MR) is 89.2 cm³/mol. The molecule has 0 radical (unpaired) electrons. The van der Waals surface area contributed by atoms with Gasteiger partial charge in [0.25, 0.3) is 0 Å². The van der Waals surface area contributed by atoms with Crippen LogP contribution in [0.1, 0.15) is 31.0 Å². The van der Waals surface area contributed by atoms with Gasteiger partial charge in [0.05, 0.1) is 6.04 Å². The molecule has 2 aromatic carbocycles. The summed E-state index contributed by atoms with van der Waals surface area (Å²) in [4.78, 5) is 0. The Kier molecular flexibility index (Phi) is 5.66. The summed E-state index contributed by atoms with van der Waals surface area (Å²) in [6.45, 7) is 4.24. The average molecular weight is 304 g/mol. The van der Waals surface area contributed by atoms with E-state index in [0.717, 1.165) is 12.2 Å². The number of halogens is 1. The van der Waals surface area contributed by atoms with Gasteiger partial charge in [0.1, 0.15) is 11.9 Å². The van der Waals surface area contributed by atoms with E-state index in [1.165, 1.54) is 11.1 Å². The van der Waals surface area contributed by atoms with Gasteiger partial charge in [0.15, 0.2) is 0 Å². The SMILES string of the molecule is CCc1cccc(C(NC)C(C)Oc2cccc(Cl)c2)c1. The van der Waals surface area contributed by atoms with E-state index >= 15 is 0 Å². The molecule has 0 aliphatic carbocycles. The minimum absolute atomic E-state index is 0.000530. The summed E-state index contributed by atoms with van der Waals surface area (Å²) in [6.07, 6.45) is 1.04. The van der Waals surface area contributed by atoms with Gasteiger partial charge in [-0.15, -0.1) is 0 Å². The van der Waals surface area contributed by atoms with Crippen molar-refractivity contribution >= 4 is 11.6 Å². The van der Waals surface area contributed by atoms with E-state index in [0.29, 0.717) is 5.02 Å². The van der Waals surface area contributed by atoms with Crippen molar-refractivity contribution in [3.05, 3.63) is 64.7 Å². The molecular weight excluding hydrogens is 282 g/mol. The molecule has 1 N–H and O–H groups in total. The minimum Gasteiger partial charge on any atom is -0.489 e. The molecule has 2 nitrogen and oxygen atoms in total. The topological polar surface area (TPSA) is 21.3 Å². The van der Waals surface area contributed by atoms with Crippen LogP contribution in [0.3, 0.4) is 0 Å². The van der Waals surface area contributed by atoms with Crippen LogP contribution in [0.2, 0.25) is 5.02 Å².